The molecule has 2 aliphatic heterocycles. The molecule has 0 atom stereocenters. The Labute approximate surface area is 577 Å². The summed E-state index contributed by atoms with van der Waals surface area (Å²) in [5, 5.41) is 9.78. The maximum Gasteiger partial charge on any atom is 0.252 e. The number of anilines is 3. The van der Waals surface area contributed by atoms with E-state index in [1.165, 1.54) is 126 Å². The van der Waals surface area contributed by atoms with Crippen LogP contribution in [0, 0.1) is 0 Å². The Bertz CT molecular complexity index is 5690. The molecule has 98 heavy (non-hydrogen) atoms. The zero-order chi connectivity index (χ0) is 67.3. The lowest BCUT2D eigenvalue weighted by Crippen LogP contribution is -2.60. The summed E-state index contributed by atoms with van der Waals surface area (Å²) in [5.41, 5.74) is 28.4. The van der Waals surface area contributed by atoms with Crippen molar-refractivity contribution in [3.8, 4) is 55.9 Å². The minimum absolute atomic E-state index is 0.00977. The molecule has 0 radical (unpaired) electrons. The zero-order valence-electron chi connectivity index (χ0n) is 58.5. The fourth-order valence-corrected chi connectivity index (χ4v) is 16.1. The van der Waals surface area contributed by atoms with E-state index in [0.29, 0.717) is 0 Å². The molecule has 0 spiro atoms. The van der Waals surface area contributed by atoms with Gasteiger partial charge >= 0.3 is 0 Å². The summed E-state index contributed by atoms with van der Waals surface area (Å²) in [5.74, 6) is 0. The van der Waals surface area contributed by atoms with Gasteiger partial charge in [0.1, 0.15) is 0 Å². The number of fused-ring (bicyclic) bond motifs is 14. The summed E-state index contributed by atoms with van der Waals surface area (Å²) in [6, 6.07) is 108. The van der Waals surface area contributed by atoms with E-state index in [9.17, 15) is 0 Å². The van der Waals surface area contributed by atoms with Gasteiger partial charge < -0.3 is 14.0 Å². The van der Waals surface area contributed by atoms with Crippen molar-refractivity contribution in [2.24, 2.45) is 0 Å². The van der Waals surface area contributed by atoms with E-state index in [2.05, 4.69) is 376 Å². The van der Waals surface area contributed by atoms with Crippen molar-refractivity contribution in [2.75, 3.05) is 4.90 Å². The van der Waals surface area contributed by atoms with Gasteiger partial charge in [-0.1, -0.05) is 289 Å². The number of rotatable bonds is 6. The molecule has 0 N–H and O–H groups in total. The molecule has 4 heterocycles. The predicted molar refractivity (Wildman–Crippen MR) is 424 cm³/mol. The van der Waals surface area contributed by atoms with Crippen LogP contribution in [0.3, 0.4) is 0 Å². The summed E-state index contributed by atoms with van der Waals surface area (Å²) < 4.78 is 5.27. The summed E-state index contributed by atoms with van der Waals surface area (Å²) >= 11 is 0. The molecule has 0 bridgehead atoms. The summed E-state index contributed by atoms with van der Waals surface area (Å²) in [7, 11) is 0. The van der Waals surface area contributed by atoms with Crippen LogP contribution in [0.2, 0.25) is 0 Å². The summed E-state index contributed by atoms with van der Waals surface area (Å²) in [6.45, 7) is 27.9. The zero-order valence-corrected chi connectivity index (χ0v) is 58.5. The van der Waals surface area contributed by atoms with Crippen molar-refractivity contribution < 1.29 is 0 Å². The molecule has 2 aromatic heterocycles. The van der Waals surface area contributed by atoms with Crippen molar-refractivity contribution in [3.05, 3.63) is 301 Å². The molecule has 2 aliphatic rings. The number of para-hydroxylation sites is 1. The molecule has 3 nitrogen and oxygen atoms in total. The predicted octanol–water partition coefficient (Wildman–Crippen LogP) is 23.8. The van der Waals surface area contributed by atoms with Crippen LogP contribution in [-0.4, -0.2) is 15.8 Å². The molecule has 0 fully saturated rings. The van der Waals surface area contributed by atoms with Crippen molar-refractivity contribution in [1.82, 2.24) is 9.13 Å². The molecule has 476 valence electrons. The van der Waals surface area contributed by atoms with Crippen molar-refractivity contribution >= 4 is 105 Å². The third-order valence-corrected chi connectivity index (χ3v) is 21.3. The Balaban J connectivity index is 1.10. The van der Waals surface area contributed by atoms with Crippen LogP contribution in [0.25, 0.3) is 121 Å². The van der Waals surface area contributed by atoms with E-state index in [1.807, 2.05) is 0 Å². The van der Waals surface area contributed by atoms with Crippen molar-refractivity contribution in [1.29, 1.82) is 0 Å². The van der Waals surface area contributed by atoms with Crippen LogP contribution in [0.15, 0.2) is 279 Å². The van der Waals surface area contributed by atoms with Crippen LogP contribution in [0.1, 0.15) is 105 Å². The van der Waals surface area contributed by atoms with Crippen LogP contribution in [-0.2, 0) is 21.7 Å². The molecule has 0 saturated heterocycles. The standard InChI is InChI=1S/C94H82BN3/c1-91(2,3)65-42-40-60(41-43-65)64-52-79-73-37-25-23-35-71(73)70-34-22-24-36-72(70)74-38-26-27-39-82(74)97-86-56-68(94(10,11)12)57-87-88(86)95(81(53-64)90(79)97)80-47-46-69(96-83-48-44-66(92(4,5)6)54-77(83)78-55-67(93(7,8)9)45-49-84(78)96)58-85(80)98(87)89-75(61-30-18-14-19-31-61)50-63(59-28-16-13-17-29-59)51-76(89)62-32-20-15-21-33-62/h13-58H,1-12H3. The van der Waals surface area contributed by atoms with Crippen molar-refractivity contribution in [2.45, 2.75) is 105 Å². The van der Waals surface area contributed by atoms with Gasteiger partial charge in [0, 0.05) is 60.9 Å². The Morgan fingerprint density at radius 2 is 0.684 bits per heavy atom. The quantitative estimate of drug-likeness (QED) is 0.151. The SMILES string of the molecule is CC(C)(C)c1ccc(-c2cc3c4c(c2)c2ccccc2c2ccccc2c2ccccc2n4-c2cc(C(C)(C)C)cc4c2B3c2ccc(-n3c5ccc(C(C)(C)C)cc5c5cc(C(C)(C)C)ccc53)cc2N4c2c(-c3ccccc3)cc(-c3ccccc3)cc2-c2ccccc2)cc1. The van der Waals surface area contributed by atoms with Gasteiger partial charge in [0.15, 0.2) is 0 Å². The molecule has 0 aliphatic carbocycles. The normalized spacial score (nSPS) is 13.1. The summed E-state index contributed by atoms with van der Waals surface area (Å²) in [6.07, 6.45) is 0. The van der Waals surface area contributed by atoms with E-state index >= 15 is 0 Å². The van der Waals surface area contributed by atoms with Gasteiger partial charge in [0.25, 0.3) is 6.71 Å². The third-order valence-electron chi connectivity index (χ3n) is 21.3. The van der Waals surface area contributed by atoms with E-state index in [-0.39, 0.29) is 28.4 Å². The van der Waals surface area contributed by atoms with Gasteiger partial charge in [-0.25, -0.2) is 0 Å². The molecule has 0 amide bonds. The molecule has 0 unspecified atom stereocenters. The monoisotopic (exact) mass is 1260 g/mol. The van der Waals surface area contributed by atoms with Crippen LogP contribution < -0.4 is 21.3 Å². The average Bonchev–Trinajstić information content (AvgIpc) is 0.845. The minimum Gasteiger partial charge on any atom is -0.310 e. The summed E-state index contributed by atoms with van der Waals surface area (Å²) in [4.78, 5) is 2.74. The fourth-order valence-electron chi connectivity index (χ4n) is 16.1. The van der Waals surface area contributed by atoms with E-state index in [4.69, 9.17) is 0 Å². The lowest BCUT2D eigenvalue weighted by molar-refractivity contribution is 0.590. The van der Waals surface area contributed by atoms with Gasteiger partial charge in [0.05, 0.1) is 22.2 Å². The van der Waals surface area contributed by atoms with Gasteiger partial charge in [-0.3, -0.25) is 0 Å². The van der Waals surface area contributed by atoms with Gasteiger partial charge in [-0.15, -0.1) is 0 Å². The fraction of sp³-hybridized carbons (Fsp3) is 0.170. The van der Waals surface area contributed by atoms with Crippen LogP contribution in [0.4, 0.5) is 17.1 Å². The second-order valence-corrected chi connectivity index (χ2v) is 31.7. The number of aromatic nitrogens is 2. The third kappa shape index (κ3) is 9.92. The molecule has 13 aromatic carbocycles. The molecule has 4 heteroatoms. The van der Waals surface area contributed by atoms with Crippen LogP contribution >= 0.6 is 0 Å². The maximum absolute atomic E-state index is 2.74. The highest BCUT2D eigenvalue weighted by atomic mass is 15.2. The number of hydrogen-bond acceptors (Lipinski definition) is 1. The van der Waals surface area contributed by atoms with E-state index < -0.39 is 0 Å². The first-order chi connectivity index (χ1) is 47.2. The first kappa shape index (κ1) is 61.0. The highest BCUT2D eigenvalue weighted by Gasteiger charge is 2.44. The number of hydrogen-bond donors (Lipinski definition) is 0. The largest absolute Gasteiger partial charge is 0.310 e. The Morgan fingerprint density at radius 1 is 0.255 bits per heavy atom. The first-order valence-electron chi connectivity index (χ1n) is 35.1. The Kier molecular flexibility index (Phi) is 14.0. The smallest absolute Gasteiger partial charge is 0.252 e. The molecule has 0 saturated carbocycles. The van der Waals surface area contributed by atoms with E-state index in [1.54, 1.807) is 0 Å². The maximum atomic E-state index is 2.74. The lowest BCUT2D eigenvalue weighted by atomic mass is 9.33. The highest BCUT2D eigenvalue weighted by molar-refractivity contribution is 7.00. The Hall–Kier alpha value is -10.7. The van der Waals surface area contributed by atoms with Gasteiger partial charge in [0.2, 0.25) is 0 Å². The molecule has 15 aromatic rings. The molecule has 17 rings (SSSR count). The van der Waals surface area contributed by atoms with E-state index in [0.717, 1.165) is 50.4 Å². The Morgan fingerprint density at radius 3 is 1.21 bits per heavy atom. The average molecular weight is 1260 g/mol. The minimum atomic E-state index is -0.290. The van der Waals surface area contributed by atoms with Crippen molar-refractivity contribution in [3.63, 3.8) is 0 Å². The highest BCUT2D eigenvalue weighted by Crippen LogP contribution is 2.52. The van der Waals surface area contributed by atoms with Gasteiger partial charge in [-0.2, -0.15) is 0 Å². The molecular weight excluding hydrogens is 1180 g/mol. The number of nitrogens with zero attached hydrogens (tertiary/aromatic N) is 3. The lowest BCUT2D eigenvalue weighted by Gasteiger charge is -2.43. The second kappa shape index (κ2) is 22.4. The van der Waals surface area contributed by atoms with Crippen LogP contribution in [0.5, 0.6) is 0 Å². The topological polar surface area (TPSA) is 13.1 Å². The molecular formula is C94H82BN3. The number of benzene rings is 13. The van der Waals surface area contributed by atoms with Gasteiger partial charge in [-0.05, 0) is 188 Å². The first-order valence-corrected chi connectivity index (χ1v) is 35.1. The second-order valence-electron chi connectivity index (χ2n) is 31.7.